The number of benzene rings is 2. The molecule has 1 aliphatic rings. The number of allylic oxidation sites excluding steroid dienone is 2. The number of hydrogen-bond donors (Lipinski definition) is 0. The van der Waals surface area contributed by atoms with Crippen LogP contribution < -0.4 is 4.74 Å². The molecule has 3 heteroatoms. The standard InChI is InChI=1S/C18H15ClO2/c1-2-20-17-12-15(19)18(13-8-4-3-5-9-13)21-16-11-7-6-10-14(16)17/h3-12H,2H2,1H3. The van der Waals surface area contributed by atoms with Crippen molar-refractivity contribution in [2.75, 3.05) is 6.61 Å². The van der Waals surface area contributed by atoms with Gasteiger partial charge in [0.15, 0.2) is 5.76 Å². The summed E-state index contributed by atoms with van der Waals surface area (Å²) in [6.45, 7) is 2.52. The van der Waals surface area contributed by atoms with E-state index >= 15 is 0 Å². The van der Waals surface area contributed by atoms with E-state index in [1.165, 1.54) is 0 Å². The van der Waals surface area contributed by atoms with Crippen LogP contribution in [-0.2, 0) is 4.74 Å². The smallest absolute Gasteiger partial charge is 0.153 e. The van der Waals surface area contributed by atoms with Gasteiger partial charge in [-0.1, -0.05) is 54.1 Å². The minimum Gasteiger partial charge on any atom is -0.493 e. The first-order chi connectivity index (χ1) is 10.3. The summed E-state index contributed by atoms with van der Waals surface area (Å²) < 4.78 is 11.8. The summed E-state index contributed by atoms with van der Waals surface area (Å²) in [5.74, 6) is 2.11. The Morgan fingerprint density at radius 3 is 2.48 bits per heavy atom. The van der Waals surface area contributed by atoms with Crippen molar-refractivity contribution in [3.8, 4) is 5.75 Å². The van der Waals surface area contributed by atoms with Crippen molar-refractivity contribution in [2.45, 2.75) is 6.92 Å². The fourth-order valence-electron chi connectivity index (χ4n) is 2.24. The predicted octanol–water partition coefficient (Wildman–Crippen LogP) is 5.06. The molecule has 0 atom stereocenters. The van der Waals surface area contributed by atoms with Crippen molar-refractivity contribution < 1.29 is 9.47 Å². The number of fused-ring (bicyclic) bond motifs is 1. The molecule has 2 aromatic rings. The first kappa shape index (κ1) is 13.8. The lowest BCUT2D eigenvalue weighted by molar-refractivity contribution is 0.297. The molecule has 0 spiro atoms. The fraction of sp³-hybridized carbons (Fsp3) is 0.111. The number of para-hydroxylation sites is 1. The van der Waals surface area contributed by atoms with Crippen LogP contribution >= 0.6 is 11.6 Å². The highest BCUT2D eigenvalue weighted by molar-refractivity contribution is 6.34. The van der Waals surface area contributed by atoms with Gasteiger partial charge in [-0.05, 0) is 19.1 Å². The van der Waals surface area contributed by atoms with Crippen molar-refractivity contribution in [3.05, 3.63) is 76.8 Å². The van der Waals surface area contributed by atoms with Crippen molar-refractivity contribution in [1.29, 1.82) is 0 Å². The van der Waals surface area contributed by atoms with Crippen LogP contribution in [0.4, 0.5) is 0 Å². The van der Waals surface area contributed by atoms with Gasteiger partial charge in [-0.2, -0.15) is 0 Å². The third kappa shape index (κ3) is 2.81. The molecular weight excluding hydrogens is 284 g/mol. The van der Waals surface area contributed by atoms with E-state index in [1.54, 1.807) is 0 Å². The Balaban J connectivity index is 2.14. The van der Waals surface area contributed by atoms with Gasteiger partial charge in [-0.25, -0.2) is 0 Å². The summed E-state index contributed by atoms with van der Waals surface area (Å²) in [7, 11) is 0. The van der Waals surface area contributed by atoms with E-state index in [9.17, 15) is 0 Å². The third-order valence-electron chi connectivity index (χ3n) is 3.18. The van der Waals surface area contributed by atoms with Crippen LogP contribution in [0.25, 0.3) is 11.5 Å². The number of rotatable bonds is 3. The maximum Gasteiger partial charge on any atom is 0.153 e. The highest BCUT2D eigenvalue weighted by Gasteiger charge is 2.19. The van der Waals surface area contributed by atoms with Crippen molar-refractivity contribution in [3.63, 3.8) is 0 Å². The van der Waals surface area contributed by atoms with Crippen LogP contribution in [0.3, 0.4) is 0 Å². The molecule has 0 N–H and O–H groups in total. The molecule has 0 aromatic heterocycles. The maximum absolute atomic E-state index is 6.44. The van der Waals surface area contributed by atoms with Gasteiger partial charge in [-0.3, -0.25) is 0 Å². The Bertz CT molecular complexity index is 702. The summed E-state index contributed by atoms with van der Waals surface area (Å²) >= 11 is 6.44. The summed E-state index contributed by atoms with van der Waals surface area (Å²) in [4.78, 5) is 0. The first-order valence-corrected chi connectivity index (χ1v) is 7.24. The molecule has 0 amide bonds. The van der Waals surface area contributed by atoms with Gasteiger partial charge in [0, 0.05) is 11.6 Å². The van der Waals surface area contributed by atoms with Gasteiger partial charge in [0.05, 0.1) is 17.2 Å². The second kappa shape index (κ2) is 6.06. The number of ether oxygens (including phenoxy) is 2. The number of halogens is 1. The molecule has 1 heterocycles. The summed E-state index contributed by atoms with van der Waals surface area (Å²) in [5, 5.41) is 0.529. The lowest BCUT2D eigenvalue weighted by Crippen LogP contribution is -1.97. The summed E-state index contributed by atoms with van der Waals surface area (Å²) in [6.07, 6.45) is 1.82. The van der Waals surface area contributed by atoms with Gasteiger partial charge in [0.1, 0.15) is 11.5 Å². The molecule has 0 radical (unpaired) electrons. The van der Waals surface area contributed by atoms with E-state index in [0.717, 1.165) is 22.6 Å². The van der Waals surface area contributed by atoms with E-state index in [1.807, 2.05) is 67.6 Å². The molecule has 0 unspecified atom stereocenters. The molecule has 0 aliphatic carbocycles. The molecule has 3 rings (SSSR count). The van der Waals surface area contributed by atoms with Gasteiger partial charge in [-0.15, -0.1) is 0 Å². The Morgan fingerprint density at radius 2 is 1.71 bits per heavy atom. The predicted molar refractivity (Wildman–Crippen MR) is 85.9 cm³/mol. The van der Waals surface area contributed by atoms with E-state index in [4.69, 9.17) is 21.1 Å². The third-order valence-corrected chi connectivity index (χ3v) is 3.46. The molecule has 1 aliphatic heterocycles. The van der Waals surface area contributed by atoms with Crippen LogP contribution in [0.5, 0.6) is 5.75 Å². The quantitative estimate of drug-likeness (QED) is 0.788. The van der Waals surface area contributed by atoms with Crippen molar-refractivity contribution >= 4 is 23.1 Å². The van der Waals surface area contributed by atoms with Crippen molar-refractivity contribution in [1.82, 2.24) is 0 Å². The first-order valence-electron chi connectivity index (χ1n) is 6.86. The molecule has 106 valence electrons. The molecule has 0 saturated carbocycles. The second-order valence-electron chi connectivity index (χ2n) is 4.58. The molecule has 0 saturated heterocycles. The zero-order valence-electron chi connectivity index (χ0n) is 11.7. The Labute approximate surface area is 129 Å². The minimum absolute atomic E-state index is 0.529. The molecule has 2 aromatic carbocycles. The average molecular weight is 299 g/mol. The van der Waals surface area contributed by atoms with Crippen LogP contribution in [-0.4, -0.2) is 6.61 Å². The topological polar surface area (TPSA) is 18.5 Å². The lowest BCUT2D eigenvalue weighted by Gasteiger charge is -2.13. The summed E-state index contributed by atoms with van der Waals surface area (Å²) in [6, 6.07) is 17.6. The zero-order valence-corrected chi connectivity index (χ0v) is 12.4. The van der Waals surface area contributed by atoms with Crippen LogP contribution in [0.2, 0.25) is 0 Å². The highest BCUT2D eigenvalue weighted by Crippen LogP contribution is 2.37. The lowest BCUT2D eigenvalue weighted by atomic mass is 10.1. The Hall–Kier alpha value is -2.19. The van der Waals surface area contributed by atoms with Gasteiger partial charge < -0.3 is 9.47 Å². The second-order valence-corrected chi connectivity index (χ2v) is 4.99. The zero-order chi connectivity index (χ0) is 14.7. The summed E-state index contributed by atoms with van der Waals surface area (Å²) in [5.41, 5.74) is 1.84. The normalized spacial score (nSPS) is 13.9. The molecule has 0 bridgehead atoms. The SMILES string of the molecule is CCOC1=CC(Cl)=C(c2ccccc2)Oc2ccccc21. The fourth-order valence-corrected chi connectivity index (χ4v) is 2.48. The Morgan fingerprint density at radius 1 is 1.00 bits per heavy atom. The van der Waals surface area contributed by atoms with Gasteiger partial charge in [0.25, 0.3) is 0 Å². The van der Waals surface area contributed by atoms with Gasteiger partial charge in [0.2, 0.25) is 0 Å². The molecule has 0 fully saturated rings. The van der Waals surface area contributed by atoms with Crippen LogP contribution in [0, 0.1) is 0 Å². The van der Waals surface area contributed by atoms with Crippen LogP contribution in [0.1, 0.15) is 18.1 Å². The average Bonchev–Trinajstić information content (AvgIpc) is 2.66. The van der Waals surface area contributed by atoms with E-state index in [2.05, 4.69) is 0 Å². The highest BCUT2D eigenvalue weighted by atomic mass is 35.5. The molecule has 2 nitrogen and oxygen atoms in total. The van der Waals surface area contributed by atoms with E-state index in [-0.39, 0.29) is 0 Å². The maximum atomic E-state index is 6.44. The number of hydrogen-bond acceptors (Lipinski definition) is 2. The molecule has 21 heavy (non-hydrogen) atoms. The molecular formula is C18H15ClO2. The van der Waals surface area contributed by atoms with E-state index < -0.39 is 0 Å². The van der Waals surface area contributed by atoms with E-state index in [0.29, 0.717) is 17.4 Å². The van der Waals surface area contributed by atoms with Gasteiger partial charge >= 0.3 is 0 Å². The largest absolute Gasteiger partial charge is 0.493 e. The minimum atomic E-state index is 0.529. The monoisotopic (exact) mass is 298 g/mol. The van der Waals surface area contributed by atoms with Crippen LogP contribution in [0.15, 0.2) is 65.7 Å². The Kier molecular flexibility index (Phi) is 3.98. The van der Waals surface area contributed by atoms with Crippen molar-refractivity contribution in [2.24, 2.45) is 0 Å².